The third-order valence-electron chi connectivity index (χ3n) is 6.10. The maximum absolute atomic E-state index is 14.2. The zero-order valence-corrected chi connectivity index (χ0v) is 18.1. The van der Waals surface area contributed by atoms with E-state index in [4.69, 9.17) is 22.1 Å². The summed E-state index contributed by atoms with van der Waals surface area (Å²) in [6.45, 7) is 0.271. The number of benzene rings is 2. The second-order valence-corrected chi connectivity index (χ2v) is 8.52. The van der Waals surface area contributed by atoms with Crippen LogP contribution in [0.4, 0.5) is 19.7 Å². The number of Topliss-reactive ketones (excluding diaryl/α,β-unsaturated/α-hetero) is 1. The summed E-state index contributed by atoms with van der Waals surface area (Å²) in [6.07, 6.45) is 1.11. The second kappa shape index (κ2) is 8.17. The number of nitrogens with two attached hydrogens (primary N) is 1. The van der Waals surface area contributed by atoms with Gasteiger partial charge in [-0.2, -0.15) is 0 Å². The Morgan fingerprint density at radius 1 is 1.18 bits per heavy atom. The summed E-state index contributed by atoms with van der Waals surface area (Å²) < 4.78 is 20.9. The fraction of sp³-hybridized carbons (Fsp3) is 0.261. The molecule has 3 N–H and O–H groups in total. The highest BCUT2D eigenvalue weighted by Gasteiger charge is 2.58. The average molecular weight is 471 g/mol. The number of primary amides is 1. The van der Waals surface area contributed by atoms with Gasteiger partial charge in [0.2, 0.25) is 0 Å². The fourth-order valence-electron chi connectivity index (χ4n) is 4.43. The molecule has 8 nitrogen and oxygen atoms in total. The van der Waals surface area contributed by atoms with Crippen molar-refractivity contribution in [3.05, 3.63) is 65.1 Å². The van der Waals surface area contributed by atoms with Crippen LogP contribution in [0.5, 0.6) is 0 Å². The molecular formula is C23H20ClFN4O4. The van der Waals surface area contributed by atoms with Crippen molar-refractivity contribution in [3.8, 4) is 0 Å². The lowest BCUT2D eigenvalue weighted by atomic mass is 10.0. The van der Waals surface area contributed by atoms with Crippen molar-refractivity contribution in [2.75, 3.05) is 11.9 Å². The number of rotatable bonds is 5. The van der Waals surface area contributed by atoms with E-state index in [0.29, 0.717) is 22.2 Å². The number of nitrogens with one attached hydrogen (secondary N) is 1. The van der Waals surface area contributed by atoms with Crippen molar-refractivity contribution in [2.24, 2.45) is 5.73 Å². The average Bonchev–Trinajstić information content (AvgIpc) is 3.30. The van der Waals surface area contributed by atoms with Gasteiger partial charge in [0.1, 0.15) is 24.1 Å². The number of aryl methyl sites for hydroxylation is 1. The van der Waals surface area contributed by atoms with Gasteiger partial charge in [-0.15, -0.1) is 0 Å². The van der Waals surface area contributed by atoms with Crippen LogP contribution in [0.1, 0.15) is 12.0 Å². The number of hydrogen-bond acceptors (Lipinski definition) is 4. The van der Waals surface area contributed by atoms with E-state index in [1.165, 1.54) is 21.7 Å². The summed E-state index contributed by atoms with van der Waals surface area (Å²) in [6, 6.07) is 9.76. The topological polar surface area (TPSA) is 110 Å². The van der Waals surface area contributed by atoms with Crippen LogP contribution in [0.15, 0.2) is 48.7 Å². The molecule has 2 aliphatic heterocycles. The van der Waals surface area contributed by atoms with Crippen molar-refractivity contribution in [2.45, 2.75) is 31.1 Å². The third kappa shape index (κ3) is 3.83. The van der Waals surface area contributed by atoms with E-state index >= 15 is 0 Å². The molecule has 10 heteroatoms. The number of aromatic nitrogens is 1. The van der Waals surface area contributed by atoms with Crippen LogP contribution in [0.25, 0.3) is 10.9 Å². The first-order valence-corrected chi connectivity index (χ1v) is 10.8. The number of ether oxygens (including phenoxy) is 1. The van der Waals surface area contributed by atoms with E-state index in [1.54, 1.807) is 36.4 Å². The zero-order valence-electron chi connectivity index (χ0n) is 17.3. The van der Waals surface area contributed by atoms with Gasteiger partial charge >= 0.3 is 12.1 Å². The van der Waals surface area contributed by atoms with Gasteiger partial charge in [-0.1, -0.05) is 41.9 Å². The number of halogens is 2. The molecular weight excluding hydrogens is 451 g/mol. The van der Waals surface area contributed by atoms with Gasteiger partial charge in [0.05, 0.1) is 22.8 Å². The number of carbonyl (C=O) groups is 3. The number of ketones is 1. The number of para-hydroxylation sites is 1. The Labute approximate surface area is 193 Å². The van der Waals surface area contributed by atoms with E-state index < -0.39 is 23.9 Å². The summed E-state index contributed by atoms with van der Waals surface area (Å²) in [4.78, 5) is 39.3. The minimum absolute atomic E-state index is 0.00235. The van der Waals surface area contributed by atoms with Crippen molar-refractivity contribution in [1.29, 1.82) is 0 Å². The van der Waals surface area contributed by atoms with Crippen molar-refractivity contribution >= 4 is 46.0 Å². The molecule has 3 heterocycles. The van der Waals surface area contributed by atoms with Gasteiger partial charge < -0.3 is 20.7 Å². The van der Waals surface area contributed by atoms with Gasteiger partial charge in [-0.25, -0.2) is 14.0 Å². The zero-order chi connectivity index (χ0) is 23.3. The quantitative estimate of drug-likeness (QED) is 0.555. The summed E-state index contributed by atoms with van der Waals surface area (Å²) in [7, 11) is 0. The first-order valence-electron chi connectivity index (χ1n) is 10.4. The molecule has 2 aromatic carbocycles. The first kappa shape index (κ1) is 21.4. The lowest BCUT2D eigenvalue weighted by Gasteiger charge is -2.26. The molecule has 170 valence electrons. The van der Waals surface area contributed by atoms with E-state index in [2.05, 4.69) is 5.32 Å². The molecule has 0 spiro atoms. The Morgan fingerprint density at radius 3 is 2.76 bits per heavy atom. The monoisotopic (exact) mass is 470 g/mol. The maximum atomic E-state index is 14.2. The number of anilines is 1. The van der Waals surface area contributed by atoms with E-state index in [1.807, 2.05) is 0 Å². The predicted molar refractivity (Wildman–Crippen MR) is 120 cm³/mol. The molecule has 0 saturated carbocycles. The van der Waals surface area contributed by atoms with Gasteiger partial charge in [-0.3, -0.25) is 9.36 Å². The molecule has 1 unspecified atom stereocenters. The number of urea groups is 1. The molecule has 3 amide bonds. The largest absolute Gasteiger partial charge is 0.365 e. The molecule has 0 bridgehead atoms. The number of amides is 3. The smallest absolute Gasteiger partial charge is 0.323 e. The summed E-state index contributed by atoms with van der Waals surface area (Å²) >= 11 is 5.82. The Hall–Kier alpha value is -3.43. The molecule has 5 rings (SSSR count). The van der Waals surface area contributed by atoms with Crippen LogP contribution in [-0.4, -0.2) is 52.1 Å². The standard InChI is InChI=1S/C23H20ClFN4O4/c24-14-6-3-4-12(19(14)25)8-9-17(30)20-21-18(33-21)11-29(20)23(32)27-15-10-28(22(26)31)16-7-2-1-5-13(15)16/h1-7,10,18,20-21H,8-9,11H2,(H2,26,31)(H,27,32)/t18-,20-,21?/m1/s1. The van der Waals surface area contributed by atoms with Crippen LogP contribution in [0, 0.1) is 5.82 Å². The number of hydrogen-bond donors (Lipinski definition) is 2. The lowest BCUT2D eigenvalue weighted by Crippen LogP contribution is -2.47. The van der Waals surface area contributed by atoms with E-state index in [-0.39, 0.29) is 42.4 Å². The highest BCUT2D eigenvalue weighted by molar-refractivity contribution is 6.30. The van der Waals surface area contributed by atoms with Gasteiger partial charge in [0, 0.05) is 18.0 Å². The Kier molecular flexibility index (Phi) is 5.30. The minimum atomic E-state index is -0.762. The molecule has 2 saturated heterocycles. The summed E-state index contributed by atoms with van der Waals surface area (Å²) in [5.41, 5.74) is 6.75. The number of morpholine rings is 1. The minimum Gasteiger partial charge on any atom is -0.365 e. The van der Waals surface area contributed by atoms with Crippen LogP contribution in [0.2, 0.25) is 5.02 Å². The highest BCUT2D eigenvalue weighted by Crippen LogP contribution is 2.38. The third-order valence-corrected chi connectivity index (χ3v) is 6.39. The number of nitrogens with zero attached hydrogens (tertiary/aromatic N) is 2. The molecule has 1 aromatic heterocycles. The van der Waals surface area contributed by atoms with Crippen molar-refractivity contribution in [1.82, 2.24) is 9.47 Å². The van der Waals surface area contributed by atoms with Gasteiger partial charge in [-0.05, 0) is 24.1 Å². The molecule has 2 fully saturated rings. The molecule has 2 aliphatic rings. The van der Waals surface area contributed by atoms with Gasteiger partial charge in [0.25, 0.3) is 0 Å². The number of carbonyl (C=O) groups excluding carboxylic acids is 3. The van der Waals surface area contributed by atoms with Crippen LogP contribution in [-0.2, 0) is 16.0 Å². The van der Waals surface area contributed by atoms with Crippen molar-refractivity contribution in [3.63, 3.8) is 0 Å². The van der Waals surface area contributed by atoms with Crippen LogP contribution < -0.4 is 11.1 Å². The lowest BCUT2D eigenvalue weighted by molar-refractivity contribution is -0.123. The van der Waals surface area contributed by atoms with Crippen molar-refractivity contribution < 1.29 is 23.5 Å². The number of fused-ring (bicyclic) bond motifs is 2. The molecule has 3 aromatic rings. The predicted octanol–water partition coefficient (Wildman–Crippen LogP) is 3.55. The maximum Gasteiger partial charge on any atom is 0.323 e. The molecule has 33 heavy (non-hydrogen) atoms. The van der Waals surface area contributed by atoms with Crippen LogP contribution >= 0.6 is 11.6 Å². The summed E-state index contributed by atoms with van der Waals surface area (Å²) in [5, 5.41) is 3.44. The number of likely N-dealkylation sites (tertiary alicyclic amines) is 1. The summed E-state index contributed by atoms with van der Waals surface area (Å²) in [5.74, 6) is -0.756. The number of epoxide rings is 1. The molecule has 0 radical (unpaired) electrons. The van der Waals surface area contributed by atoms with Crippen LogP contribution in [0.3, 0.4) is 0 Å². The molecule has 3 atom stereocenters. The van der Waals surface area contributed by atoms with Gasteiger partial charge in [0.15, 0.2) is 5.78 Å². The highest BCUT2D eigenvalue weighted by atomic mass is 35.5. The second-order valence-electron chi connectivity index (χ2n) is 8.11. The fourth-order valence-corrected chi connectivity index (χ4v) is 4.62. The van der Waals surface area contributed by atoms with E-state index in [9.17, 15) is 18.8 Å². The Bertz CT molecular complexity index is 1290. The Balaban J connectivity index is 1.32. The molecule has 0 aliphatic carbocycles. The SMILES string of the molecule is NC(=O)n1cc(NC(=O)N2C[C@H]3OC3[C@H]2C(=O)CCc2cccc(Cl)c2F)c2ccccc21. The normalized spacial score (nSPS) is 21.2. The van der Waals surface area contributed by atoms with E-state index in [0.717, 1.165) is 0 Å². The first-order chi connectivity index (χ1) is 15.8. The Morgan fingerprint density at radius 2 is 1.97 bits per heavy atom.